The number of pyridine rings is 2. The minimum atomic E-state index is -1.35. The van der Waals surface area contributed by atoms with Gasteiger partial charge in [-0.15, -0.1) is 4.31 Å². The average Bonchev–Trinajstić information content (AvgIpc) is 3.36. The van der Waals surface area contributed by atoms with E-state index in [9.17, 15) is 18.8 Å². The maximum absolute atomic E-state index is 14.2. The highest BCUT2D eigenvalue weighted by Gasteiger charge is 2.44. The third-order valence-electron chi connectivity index (χ3n) is 7.28. The Kier molecular flexibility index (Phi) is 9.03. The molecular formula is C33H35FN4O3S. The van der Waals surface area contributed by atoms with Crippen LogP contribution in [0.4, 0.5) is 4.39 Å². The average molecular weight is 587 g/mol. The number of aliphatic hydroxyl groups excluding tert-OH is 1. The van der Waals surface area contributed by atoms with E-state index in [1.807, 2.05) is 61.5 Å². The standard InChI is InChI=1S/C33H35FN4O3S/c1-33(2,3)42(41)38-21-26-18-28(32(40)36-20-25-9-4-5-13-27(25)34)37-31(30(26)29(38)14-8-16-39)23-11-6-10-22(17-23)24-12-7-15-35-19-24/h4-7,9-13,15,17-19,29,39H,8,14,16,20-21H2,1-3H3,(H,36,40)/t29-,42-/m1/s1. The molecular weight excluding hydrogens is 551 g/mol. The first-order chi connectivity index (χ1) is 20.2. The minimum absolute atomic E-state index is 0.0115. The van der Waals surface area contributed by atoms with E-state index in [2.05, 4.69) is 10.3 Å². The van der Waals surface area contributed by atoms with Crippen LogP contribution in [-0.4, -0.2) is 41.2 Å². The first-order valence-corrected chi connectivity index (χ1v) is 15.1. The van der Waals surface area contributed by atoms with Crippen LogP contribution < -0.4 is 5.32 Å². The van der Waals surface area contributed by atoms with Gasteiger partial charge in [0.2, 0.25) is 0 Å². The van der Waals surface area contributed by atoms with Crippen LogP contribution in [-0.2, 0) is 24.5 Å². The Morgan fingerprint density at radius 2 is 1.86 bits per heavy atom. The molecule has 4 aromatic rings. The highest BCUT2D eigenvalue weighted by Crippen LogP contribution is 2.45. The Bertz CT molecular complexity index is 1560. The highest BCUT2D eigenvalue weighted by atomic mass is 32.2. The number of carbonyl (C=O) groups excluding carboxylic acids is 1. The number of hydrogen-bond donors (Lipinski definition) is 2. The van der Waals surface area contributed by atoms with Crippen molar-refractivity contribution in [3.63, 3.8) is 0 Å². The molecule has 0 saturated carbocycles. The maximum Gasteiger partial charge on any atom is 0.270 e. The third kappa shape index (κ3) is 6.39. The van der Waals surface area contributed by atoms with Crippen LogP contribution in [0.15, 0.2) is 79.1 Å². The molecule has 5 rings (SSSR count). The normalized spacial score (nSPS) is 15.8. The van der Waals surface area contributed by atoms with Gasteiger partial charge in [0.25, 0.3) is 5.91 Å². The number of nitrogens with one attached hydrogen (secondary N) is 1. The summed E-state index contributed by atoms with van der Waals surface area (Å²) in [6, 6.07) is 19.6. The van der Waals surface area contributed by atoms with E-state index in [1.54, 1.807) is 36.7 Å². The lowest BCUT2D eigenvalue weighted by molar-refractivity contribution is 0.0945. The summed E-state index contributed by atoms with van der Waals surface area (Å²) in [5, 5.41) is 12.5. The number of aromatic nitrogens is 2. The molecule has 2 N–H and O–H groups in total. The summed E-state index contributed by atoms with van der Waals surface area (Å²) in [7, 11) is 0. The first-order valence-electron chi connectivity index (χ1n) is 14.0. The molecule has 0 fully saturated rings. The number of benzene rings is 2. The quantitative estimate of drug-likeness (QED) is 0.234. The Balaban J connectivity index is 1.60. The lowest BCUT2D eigenvalue weighted by atomic mass is 9.93. The Morgan fingerprint density at radius 3 is 2.57 bits per heavy atom. The van der Waals surface area contributed by atoms with Gasteiger partial charge in [0, 0.05) is 59.2 Å². The van der Waals surface area contributed by atoms with E-state index < -0.39 is 22.0 Å². The molecule has 0 saturated heterocycles. The highest BCUT2D eigenvalue weighted by molar-refractivity contribution is 7.90. The second kappa shape index (κ2) is 12.7. The summed E-state index contributed by atoms with van der Waals surface area (Å²) in [6.45, 7) is 6.22. The summed E-state index contributed by atoms with van der Waals surface area (Å²) >= 11 is -1.35. The number of hydrogen-bond acceptors (Lipinski definition) is 6. The number of rotatable bonds is 9. The number of carbonyl (C=O) groups is 1. The predicted molar refractivity (Wildman–Crippen MR) is 163 cm³/mol. The van der Waals surface area contributed by atoms with Crippen LogP contribution in [0.2, 0.25) is 0 Å². The zero-order chi connectivity index (χ0) is 29.9. The van der Waals surface area contributed by atoms with Crippen LogP contribution in [0.3, 0.4) is 0 Å². The topological polar surface area (TPSA) is 101 Å². The molecule has 3 heterocycles. The van der Waals surface area contributed by atoms with Gasteiger partial charge in [-0.2, -0.15) is 0 Å². The SMILES string of the molecule is CC(C)(C)[S@@+]([O-])N1Cc2cc(C(=O)NCc3ccccc3F)nc(-c3cccc(-c4cccnc4)c3)c2[C@H]1CCCO. The zero-order valence-corrected chi connectivity index (χ0v) is 24.8. The summed E-state index contributed by atoms with van der Waals surface area (Å²) in [6.07, 6.45) is 4.63. The van der Waals surface area contributed by atoms with Crippen molar-refractivity contribution < 1.29 is 18.8 Å². The molecule has 42 heavy (non-hydrogen) atoms. The lowest BCUT2D eigenvalue weighted by Crippen LogP contribution is -2.42. The molecule has 2 aromatic carbocycles. The molecule has 2 aromatic heterocycles. The van der Waals surface area contributed by atoms with Crippen molar-refractivity contribution in [2.45, 2.75) is 57.5 Å². The summed E-state index contributed by atoms with van der Waals surface area (Å²) < 4.78 is 29.4. The van der Waals surface area contributed by atoms with Crippen LogP contribution >= 0.6 is 0 Å². The molecule has 7 nitrogen and oxygen atoms in total. The van der Waals surface area contributed by atoms with Gasteiger partial charge in [0.05, 0.1) is 18.3 Å². The van der Waals surface area contributed by atoms with E-state index in [0.717, 1.165) is 27.8 Å². The van der Waals surface area contributed by atoms with Gasteiger partial charge in [-0.3, -0.25) is 9.78 Å². The van der Waals surface area contributed by atoms with E-state index in [4.69, 9.17) is 4.98 Å². The van der Waals surface area contributed by atoms with Crippen molar-refractivity contribution in [2.75, 3.05) is 6.61 Å². The molecule has 0 bridgehead atoms. The second-order valence-corrected chi connectivity index (χ2v) is 13.5. The largest absolute Gasteiger partial charge is 0.597 e. The third-order valence-corrected chi connectivity index (χ3v) is 9.14. The number of fused-ring (bicyclic) bond motifs is 1. The van der Waals surface area contributed by atoms with E-state index in [-0.39, 0.29) is 30.7 Å². The zero-order valence-electron chi connectivity index (χ0n) is 24.0. The molecule has 0 radical (unpaired) electrons. The lowest BCUT2D eigenvalue weighted by Gasteiger charge is -2.34. The van der Waals surface area contributed by atoms with Gasteiger partial charge in [0.15, 0.2) is 0 Å². The molecule has 2 atom stereocenters. The van der Waals surface area contributed by atoms with Crippen molar-refractivity contribution in [1.29, 1.82) is 0 Å². The maximum atomic E-state index is 14.2. The van der Waals surface area contributed by atoms with Crippen molar-refractivity contribution in [2.24, 2.45) is 0 Å². The van der Waals surface area contributed by atoms with Gasteiger partial charge in [0.1, 0.15) is 16.3 Å². The molecule has 1 amide bonds. The minimum Gasteiger partial charge on any atom is -0.597 e. The van der Waals surface area contributed by atoms with E-state index in [1.165, 1.54) is 6.07 Å². The van der Waals surface area contributed by atoms with Gasteiger partial charge < -0.3 is 15.0 Å². The Labute approximate surface area is 249 Å². The van der Waals surface area contributed by atoms with Gasteiger partial charge in [-0.1, -0.05) is 42.5 Å². The molecule has 0 spiro atoms. The second-order valence-electron chi connectivity index (χ2n) is 11.3. The smallest absolute Gasteiger partial charge is 0.270 e. The summed E-state index contributed by atoms with van der Waals surface area (Å²) in [5.74, 6) is -0.812. The van der Waals surface area contributed by atoms with E-state index in [0.29, 0.717) is 30.6 Å². The Morgan fingerprint density at radius 1 is 1.10 bits per heavy atom. The number of halogens is 1. The van der Waals surface area contributed by atoms with Crippen molar-refractivity contribution in [3.05, 3.63) is 107 Å². The van der Waals surface area contributed by atoms with Crippen LogP contribution in [0.25, 0.3) is 22.4 Å². The molecule has 9 heteroatoms. The molecule has 1 aliphatic heterocycles. The fourth-order valence-corrected chi connectivity index (χ4v) is 6.66. The molecule has 0 unspecified atom stereocenters. The summed E-state index contributed by atoms with van der Waals surface area (Å²) in [4.78, 5) is 22.6. The van der Waals surface area contributed by atoms with Gasteiger partial charge >= 0.3 is 0 Å². The number of nitrogens with zero attached hydrogens (tertiary/aromatic N) is 3. The van der Waals surface area contributed by atoms with E-state index >= 15 is 0 Å². The fraction of sp³-hybridized carbons (Fsp3) is 0.303. The monoisotopic (exact) mass is 586 g/mol. The predicted octanol–water partition coefficient (Wildman–Crippen LogP) is 5.97. The van der Waals surface area contributed by atoms with Crippen molar-refractivity contribution in [1.82, 2.24) is 19.6 Å². The van der Waals surface area contributed by atoms with Crippen LogP contribution in [0.5, 0.6) is 0 Å². The number of aliphatic hydroxyl groups is 1. The van der Waals surface area contributed by atoms with Crippen molar-refractivity contribution >= 4 is 17.3 Å². The fourth-order valence-electron chi connectivity index (χ4n) is 5.26. The summed E-state index contributed by atoms with van der Waals surface area (Å²) in [5.41, 5.74) is 5.70. The van der Waals surface area contributed by atoms with Crippen LogP contribution in [0.1, 0.15) is 66.8 Å². The molecule has 1 aliphatic rings. The van der Waals surface area contributed by atoms with Crippen molar-refractivity contribution in [3.8, 4) is 22.4 Å². The van der Waals surface area contributed by atoms with Gasteiger partial charge in [-0.05, 0) is 69.0 Å². The molecule has 218 valence electrons. The first kappa shape index (κ1) is 29.8. The Hall–Kier alpha value is -3.63. The number of amides is 1. The van der Waals surface area contributed by atoms with Gasteiger partial charge in [-0.25, -0.2) is 9.37 Å². The molecule has 0 aliphatic carbocycles. The van der Waals surface area contributed by atoms with Crippen LogP contribution in [0, 0.1) is 5.82 Å².